The Kier molecular flexibility index (Phi) is 6.42. The van der Waals surface area contributed by atoms with Crippen LogP contribution in [0.5, 0.6) is 0 Å². The van der Waals surface area contributed by atoms with Crippen LogP contribution in [0.2, 0.25) is 12.6 Å². The molecule has 0 aliphatic carbocycles. The summed E-state index contributed by atoms with van der Waals surface area (Å²) in [5, 5.41) is 0. The summed E-state index contributed by atoms with van der Waals surface area (Å²) in [6.07, 6.45) is 3.83. The first-order chi connectivity index (χ1) is 8.10. The Labute approximate surface area is 111 Å². The summed E-state index contributed by atoms with van der Waals surface area (Å²) in [6.45, 7) is 13.9. The highest BCUT2D eigenvalue weighted by molar-refractivity contribution is 6.66. The quantitative estimate of drug-likeness (QED) is 0.333. The van der Waals surface area contributed by atoms with Gasteiger partial charge in [-0.25, -0.2) is 0 Å². The lowest BCUT2D eigenvalue weighted by atomic mass is 10.1. The van der Waals surface area contributed by atoms with Gasteiger partial charge in [0.05, 0.1) is 5.60 Å². The Hall–Kier alpha value is -0.503. The van der Waals surface area contributed by atoms with Gasteiger partial charge in [0, 0.05) is 6.61 Å². The van der Waals surface area contributed by atoms with Crippen LogP contribution in [0.3, 0.4) is 0 Å². The van der Waals surface area contributed by atoms with E-state index < -0.39 is 19.9 Å². The first kappa shape index (κ1) is 17.5. The summed E-state index contributed by atoms with van der Waals surface area (Å²) in [4.78, 5) is 0. The molecule has 0 saturated heterocycles. The van der Waals surface area contributed by atoms with Crippen molar-refractivity contribution in [3.05, 3.63) is 25.3 Å². The van der Waals surface area contributed by atoms with Crippen molar-refractivity contribution in [2.24, 2.45) is 17.2 Å². The molecular formula is C12H27N3O2Si. The van der Waals surface area contributed by atoms with Crippen LogP contribution >= 0.6 is 0 Å². The van der Waals surface area contributed by atoms with E-state index in [4.69, 9.17) is 26.1 Å². The van der Waals surface area contributed by atoms with E-state index >= 15 is 0 Å². The van der Waals surface area contributed by atoms with E-state index in [1.165, 1.54) is 0 Å². The molecule has 0 aromatic heterocycles. The van der Waals surface area contributed by atoms with Gasteiger partial charge in [0.1, 0.15) is 5.79 Å². The van der Waals surface area contributed by atoms with Crippen LogP contribution in [0.25, 0.3) is 0 Å². The molecule has 0 fully saturated rings. The smallest absolute Gasteiger partial charge is 0.335 e. The molecule has 0 amide bonds. The van der Waals surface area contributed by atoms with Gasteiger partial charge in [0.2, 0.25) is 0 Å². The topological polar surface area (TPSA) is 96.5 Å². The van der Waals surface area contributed by atoms with Gasteiger partial charge in [-0.05, 0) is 32.9 Å². The zero-order valence-corrected chi connectivity index (χ0v) is 12.7. The molecule has 0 aromatic carbocycles. The van der Waals surface area contributed by atoms with Crippen molar-refractivity contribution in [1.29, 1.82) is 0 Å². The van der Waals surface area contributed by atoms with E-state index in [1.807, 2.05) is 20.4 Å². The second-order valence-electron chi connectivity index (χ2n) is 4.87. The largest absolute Gasteiger partial charge is 0.395 e. The lowest BCUT2D eigenvalue weighted by molar-refractivity contribution is 0.109. The fraction of sp³-hybridized carbons (Fsp3) is 0.667. The molecule has 18 heavy (non-hydrogen) atoms. The van der Waals surface area contributed by atoms with Crippen LogP contribution in [-0.4, -0.2) is 26.6 Å². The Morgan fingerprint density at radius 3 is 2.06 bits per heavy atom. The molecule has 0 spiro atoms. The van der Waals surface area contributed by atoms with E-state index in [-0.39, 0.29) is 0 Å². The molecule has 106 valence electrons. The fourth-order valence-corrected chi connectivity index (χ4v) is 4.43. The maximum Gasteiger partial charge on any atom is 0.335 e. The third-order valence-corrected chi connectivity index (χ3v) is 5.64. The lowest BCUT2D eigenvalue weighted by Gasteiger charge is -2.36. The highest BCUT2D eigenvalue weighted by Gasteiger charge is 2.38. The molecule has 6 N–H and O–H groups in total. The van der Waals surface area contributed by atoms with Crippen molar-refractivity contribution in [2.45, 2.75) is 44.2 Å². The maximum absolute atomic E-state index is 6.07. The molecular weight excluding hydrogens is 246 g/mol. The van der Waals surface area contributed by atoms with Crippen LogP contribution < -0.4 is 17.2 Å². The molecule has 0 rings (SSSR count). The molecule has 5 nitrogen and oxygen atoms in total. The van der Waals surface area contributed by atoms with Gasteiger partial charge in [0.15, 0.2) is 0 Å². The molecule has 0 heterocycles. The summed E-state index contributed by atoms with van der Waals surface area (Å²) in [7, 11) is -2.42. The molecule has 1 unspecified atom stereocenters. The molecule has 0 aliphatic rings. The predicted octanol–water partition coefficient (Wildman–Crippen LogP) is 1.16. The Morgan fingerprint density at radius 2 is 1.72 bits per heavy atom. The number of rotatable bonds is 9. The highest BCUT2D eigenvalue weighted by atomic mass is 28.4. The normalized spacial score (nSPS) is 16.1. The molecule has 0 aliphatic heterocycles. The van der Waals surface area contributed by atoms with Gasteiger partial charge < -0.3 is 26.1 Å². The van der Waals surface area contributed by atoms with Gasteiger partial charge in [-0.15, -0.1) is 0 Å². The van der Waals surface area contributed by atoms with Crippen molar-refractivity contribution < 1.29 is 8.85 Å². The minimum Gasteiger partial charge on any atom is -0.395 e. The first-order valence-electron chi connectivity index (χ1n) is 6.08. The molecule has 1 atom stereocenters. The molecule has 0 bridgehead atoms. The zero-order valence-electron chi connectivity index (χ0n) is 11.7. The number of hydrogen-bond acceptors (Lipinski definition) is 5. The fourth-order valence-electron chi connectivity index (χ4n) is 1.53. The third kappa shape index (κ3) is 6.44. The van der Waals surface area contributed by atoms with E-state index in [0.29, 0.717) is 19.1 Å². The van der Waals surface area contributed by atoms with Crippen molar-refractivity contribution >= 4 is 8.56 Å². The molecule has 6 heteroatoms. The SMILES string of the molecule is C=CC(C)(C=C)O[Si](C)(CCC(N)(N)N)OCC. The van der Waals surface area contributed by atoms with Crippen molar-refractivity contribution in [2.75, 3.05) is 6.61 Å². The summed E-state index contributed by atoms with van der Waals surface area (Å²) in [5.41, 5.74) is 16.2. The van der Waals surface area contributed by atoms with E-state index in [1.54, 1.807) is 12.2 Å². The van der Waals surface area contributed by atoms with E-state index in [0.717, 1.165) is 0 Å². The van der Waals surface area contributed by atoms with Crippen LogP contribution in [-0.2, 0) is 8.85 Å². The second-order valence-corrected chi connectivity index (χ2v) is 8.13. The summed E-state index contributed by atoms with van der Waals surface area (Å²) in [6, 6.07) is 0.613. The second kappa shape index (κ2) is 6.60. The minimum absolute atomic E-state index is 0.431. The van der Waals surface area contributed by atoms with Crippen molar-refractivity contribution in [1.82, 2.24) is 0 Å². The minimum atomic E-state index is -2.42. The molecule has 0 radical (unpaired) electrons. The molecule has 0 aromatic rings. The van der Waals surface area contributed by atoms with Gasteiger partial charge in [-0.2, -0.15) is 0 Å². The van der Waals surface area contributed by atoms with Crippen LogP contribution in [0.4, 0.5) is 0 Å². The standard InChI is InChI=1S/C12H27N3O2Si/c1-6-11(4,7-2)17-18(5,16-8-3)10-9-12(13,14)15/h6-7H,1-2,8-10,13-15H2,3-5H3. The van der Waals surface area contributed by atoms with Gasteiger partial charge in [-0.3, -0.25) is 0 Å². The number of nitrogens with two attached hydrogens (primary N) is 3. The highest BCUT2D eigenvalue weighted by Crippen LogP contribution is 2.26. The number of hydrogen-bond donors (Lipinski definition) is 3. The predicted molar refractivity (Wildman–Crippen MR) is 77.8 cm³/mol. The summed E-state index contributed by atoms with van der Waals surface area (Å²) >= 11 is 0. The Balaban J connectivity index is 4.80. The zero-order chi connectivity index (χ0) is 14.4. The molecule has 0 saturated carbocycles. The van der Waals surface area contributed by atoms with E-state index in [2.05, 4.69) is 13.2 Å². The lowest BCUT2D eigenvalue weighted by Crippen LogP contribution is -2.59. The van der Waals surface area contributed by atoms with Crippen LogP contribution in [0.1, 0.15) is 20.3 Å². The van der Waals surface area contributed by atoms with Gasteiger partial charge >= 0.3 is 8.56 Å². The van der Waals surface area contributed by atoms with Crippen molar-refractivity contribution in [3.63, 3.8) is 0 Å². The van der Waals surface area contributed by atoms with Crippen LogP contribution in [0, 0.1) is 0 Å². The Morgan fingerprint density at radius 1 is 1.22 bits per heavy atom. The summed E-state index contributed by atoms with van der Waals surface area (Å²) in [5.74, 6) is -1.20. The third-order valence-electron chi connectivity index (χ3n) is 2.71. The van der Waals surface area contributed by atoms with Crippen LogP contribution in [0.15, 0.2) is 25.3 Å². The Bertz CT molecular complexity index is 284. The first-order valence-corrected chi connectivity index (χ1v) is 8.60. The van der Waals surface area contributed by atoms with E-state index in [9.17, 15) is 0 Å². The summed E-state index contributed by atoms with van der Waals surface area (Å²) < 4.78 is 11.9. The monoisotopic (exact) mass is 273 g/mol. The average molecular weight is 273 g/mol. The van der Waals surface area contributed by atoms with Gasteiger partial charge in [-0.1, -0.05) is 25.3 Å². The van der Waals surface area contributed by atoms with Gasteiger partial charge in [0.25, 0.3) is 0 Å². The maximum atomic E-state index is 6.07. The van der Waals surface area contributed by atoms with Crippen molar-refractivity contribution in [3.8, 4) is 0 Å². The average Bonchev–Trinajstić information content (AvgIpc) is 2.26.